The van der Waals surface area contributed by atoms with Crippen LogP contribution >= 0.6 is 0 Å². The Balaban J connectivity index is 1.44. The molecule has 0 amide bonds. The molecule has 1 unspecified atom stereocenters. The van der Waals surface area contributed by atoms with E-state index in [0.29, 0.717) is 23.4 Å². The second kappa shape index (κ2) is 8.92. The fraction of sp³-hybridized carbons (Fsp3) is 0.931. The summed E-state index contributed by atoms with van der Waals surface area (Å²) in [6.07, 6.45) is 18.6. The molecule has 172 valence electrons. The molecule has 4 rings (SSSR count). The van der Waals surface area contributed by atoms with Crippen molar-refractivity contribution in [1.82, 2.24) is 0 Å². The minimum Gasteiger partial charge on any atom is -0.396 e. The molecule has 0 radical (unpaired) electrons. The maximum Gasteiger partial charge on any atom is 0.0436 e. The monoisotopic (exact) mass is 414 g/mol. The predicted molar refractivity (Wildman–Crippen MR) is 128 cm³/mol. The van der Waals surface area contributed by atoms with E-state index in [2.05, 4.69) is 34.3 Å². The van der Waals surface area contributed by atoms with Crippen LogP contribution in [0.1, 0.15) is 111 Å². The molecule has 1 nitrogen and oxygen atoms in total. The van der Waals surface area contributed by atoms with E-state index in [9.17, 15) is 5.11 Å². The van der Waals surface area contributed by atoms with Gasteiger partial charge >= 0.3 is 0 Å². The molecule has 0 aliphatic heterocycles. The number of rotatable bonds is 7. The van der Waals surface area contributed by atoms with Gasteiger partial charge in [-0.1, -0.05) is 45.8 Å². The van der Waals surface area contributed by atoms with E-state index in [1.165, 1.54) is 76.2 Å². The topological polar surface area (TPSA) is 20.2 Å². The molecule has 0 bridgehead atoms. The van der Waals surface area contributed by atoms with E-state index in [-0.39, 0.29) is 0 Å². The molecule has 4 aliphatic rings. The lowest BCUT2D eigenvalue weighted by atomic mass is 9.44. The van der Waals surface area contributed by atoms with Gasteiger partial charge in [0.2, 0.25) is 0 Å². The molecule has 0 heterocycles. The Morgan fingerprint density at radius 1 is 0.900 bits per heavy atom. The largest absolute Gasteiger partial charge is 0.396 e. The van der Waals surface area contributed by atoms with Crippen LogP contribution in [0.3, 0.4) is 0 Å². The Morgan fingerprint density at radius 2 is 1.67 bits per heavy atom. The maximum atomic E-state index is 9.43. The van der Waals surface area contributed by atoms with E-state index < -0.39 is 0 Å². The number of hydrogen-bond acceptors (Lipinski definition) is 1. The van der Waals surface area contributed by atoms with E-state index in [4.69, 9.17) is 0 Å². The fourth-order valence-electron chi connectivity index (χ4n) is 9.73. The molecule has 0 saturated heterocycles. The van der Waals surface area contributed by atoms with Gasteiger partial charge in [-0.15, -0.1) is 0 Å². The van der Waals surface area contributed by atoms with Gasteiger partial charge in [0.15, 0.2) is 0 Å². The fourth-order valence-corrected chi connectivity index (χ4v) is 9.73. The molecule has 30 heavy (non-hydrogen) atoms. The smallest absolute Gasteiger partial charge is 0.0436 e. The van der Waals surface area contributed by atoms with E-state index in [1.54, 1.807) is 6.42 Å². The van der Waals surface area contributed by atoms with Crippen LogP contribution in [0, 0.1) is 52.3 Å². The normalized spacial score (nSPS) is 45.2. The lowest BCUT2D eigenvalue weighted by Gasteiger charge is -2.61. The zero-order valence-corrected chi connectivity index (χ0v) is 20.6. The lowest BCUT2D eigenvalue weighted by Crippen LogP contribution is -2.53. The standard InChI is InChI=1S/C29H50O/c1-20(2)22(16-19-30)10-9-21(3)25-13-14-26-24-12-11-23-8-6-7-17-28(23,4)27(24)15-18-29(25,26)5/h21-27,30H,1,6-19H2,2-5H3/t21-,22-,23?,24+,25-,26+,27+,28+,29-/m1/s1. The van der Waals surface area contributed by atoms with Gasteiger partial charge in [-0.05, 0) is 130 Å². The second-order valence-corrected chi connectivity index (χ2v) is 12.7. The minimum atomic E-state index is 0.304. The first-order chi connectivity index (χ1) is 14.3. The number of aliphatic hydroxyl groups is 1. The van der Waals surface area contributed by atoms with Crippen molar-refractivity contribution in [2.24, 2.45) is 52.3 Å². The summed E-state index contributed by atoms with van der Waals surface area (Å²) in [6, 6.07) is 0. The molecular weight excluding hydrogens is 364 g/mol. The highest BCUT2D eigenvalue weighted by Gasteiger charge is 2.60. The molecule has 9 atom stereocenters. The van der Waals surface area contributed by atoms with E-state index >= 15 is 0 Å². The van der Waals surface area contributed by atoms with Gasteiger partial charge in [0.05, 0.1) is 0 Å². The summed E-state index contributed by atoms with van der Waals surface area (Å²) in [7, 11) is 0. The number of fused-ring (bicyclic) bond motifs is 5. The van der Waals surface area contributed by atoms with Crippen molar-refractivity contribution in [2.75, 3.05) is 6.61 Å². The quantitative estimate of drug-likeness (QED) is 0.418. The molecule has 0 aromatic heterocycles. The van der Waals surface area contributed by atoms with Crippen LogP contribution in [0.2, 0.25) is 0 Å². The van der Waals surface area contributed by atoms with Gasteiger partial charge in [-0.3, -0.25) is 0 Å². The first-order valence-corrected chi connectivity index (χ1v) is 13.6. The van der Waals surface area contributed by atoms with Crippen molar-refractivity contribution in [3.05, 3.63) is 12.2 Å². The van der Waals surface area contributed by atoms with Crippen LogP contribution in [0.4, 0.5) is 0 Å². The van der Waals surface area contributed by atoms with Crippen LogP contribution in [0.5, 0.6) is 0 Å². The molecule has 0 aromatic carbocycles. The molecule has 1 N–H and O–H groups in total. The Morgan fingerprint density at radius 3 is 2.40 bits per heavy atom. The Bertz CT molecular complexity index is 609. The first kappa shape index (κ1) is 22.9. The van der Waals surface area contributed by atoms with E-state index in [1.807, 2.05) is 0 Å². The summed E-state index contributed by atoms with van der Waals surface area (Å²) in [5.41, 5.74) is 2.53. The second-order valence-electron chi connectivity index (χ2n) is 12.7. The molecule has 4 saturated carbocycles. The SMILES string of the molecule is C=C(C)[C@@H](CCO)CC[C@@H](C)[C@H]1CC[C@H]2[C@@H]3CCC4CCCC[C@]4(C)[C@H]3CC[C@]12C. The Kier molecular flexibility index (Phi) is 6.80. The Hall–Kier alpha value is -0.300. The summed E-state index contributed by atoms with van der Waals surface area (Å²) in [5, 5.41) is 9.43. The van der Waals surface area contributed by atoms with Crippen molar-refractivity contribution < 1.29 is 5.11 Å². The minimum absolute atomic E-state index is 0.304. The van der Waals surface area contributed by atoms with Gasteiger partial charge in [0.1, 0.15) is 0 Å². The van der Waals surface area contributed by atoms with Crippen LogP contribution < -0.4 is 0 Å². The number of allylic oxidation sites excluding steroid dienone is 1. The third-order valence-electron chi connectivity index (χ3n) is 11.5. The Labute approximate surface area is 187 Å². The molecule has 4 aliphatic carbocycles. The van der Waals surface area contributed by atoms with Crippen molar-refractivity contribution in [1.29, 1.82) is 0 Å². The van der Waals surface area contributed by atoms with E-state index in [0.717, 1.165) is 41.9 Å². The molecule has 0 aromatic rings. The van der Waals surface area contributed by atoms with Gasteiger partial charge in [0.25, 0.3) is 0 Å². The van der Waals surface area contributed by atoms with Crippen molar-refractivity contribution in [2.45, 2.75) is 111 Å². The van der Waals surface area contributed by atoms with Gasteiger partial charge in [-0.2, -0.15) is 0 Å². The molecule has 0 spiro atoms. The summed E-state index contributed by atoms with van der Waals surface area (Å²) in [4.78, 5) is 0. The van der Waals surface area contributed by atoms with Crippen molar-refractivity contribution >= 4 is 0 Å². The summed E-state index contributed by atoms with van der Waals surface area (Å²) < 4.78 is 0. The van der Waals surface area contributed by atoms with Crippen LogP contribution in [-0.4, -0.2) is 11.7 Å². The van der Waals surface area contributed by atoms with Crippen LogP contribution in [0.15, 0.2) is 12.2 Å². The summed E-state index contributed by atoms with van der Waals surface area (Å²) in [6.45, 7) is 14.6. The number of aliphatic hydroxyl groups excluding tert-OH is 1. The van der Waals surface area contributed by atoms with Gasteiger partial charge < -0.3 is 5.11 Å². The third-order valence-corrected chi connectivity index (χ3v) is 11.5. The number of hydrogen-bond donors (Lipinski definition) is 1. The predicted octanol–water partition coefficient (Wildman–Crippen LogP) is 8.03. The average molecular weight is 415 g/mol. The first-order valence-electron chi connectivity index (χ1n) is 13.6. The zero-order chi connectivity index (χ0) is 21.5. The van der Waals surface area contributed by atoms with Gasteiger partial charge in [-0.25, -0.2) is 0 Å². The van der Waals surface area contributed by atoms with Crippen molar-refractivity contribution in [3.8, 4) is 0 Å². The van der Waals surface area contributed by atoms with Crippen LogP contribution in [-0.2, 0) is 0 Å². The molecule has 4 fully saturated rings. The van der Waals surface area contributed by atoms with Crippen molar-refractivity contribution in [3.63, 3.8) is 0 Å². The highest BCUT2D eigenvalue weighted by Crippen LogP contribution is 2.68. The van der Waals surface area contributed by atoms with Gasteiger partial charge in [0, 0.05) is 6.61 Å². The van der Waals surface area contributed by atoms with Crippen LogP contribution in [0.25, 0.3) is 0 Å². The zero-order valence-electron chi connectivity index (χ0n) is 20.6. The lowest BCUT2D eigenvalue weighted by molar-refractivity contribution is -0.114. The average Bonchev–Trinajstić information content (AvgIpc) is 3.07. The maximum absolute atomic E-state index is 9.43. The molecular formula is C29H50O. The molecule has 1 heteroatoms. The summed E-state index contributed by atoms with van der Waals surface area (Å²) >= 11 is 0. The highest BCUT2D eigenvalue weighted by atomic mass is 16.3. The summed E-state index contributed by atoms with van der Waals surface area (Å²) in [5.74, 6) is 6.34. The highest BCUT2D eigenvalue weighted by molar-refractivity contribution is 5.09. The third kappa shape index (κ3) is 3.84.